The molecule has 0 aliphatic rings. The fourth-order valence-electron chi connectivity index (χ4n) is 1.12. The fourth-order valence-corrected chi connectivity index (χ4v) is 1.12. The number of anilines is 2. The molecule has 4 heteroatoms. The van der Waals surface area contributed by atoms with E-state index in [1.807, 2.05) is 0 Å². The Labute approximate surface area is 90.1 Å². The summed E-state index contributed by atoms with van der Waals surface area (Å²) >= 11 is 0. The van der Waals surface area contributed by atoms with Gasteiger partial charge in [0.2, 0.25) is 0 Å². The second-order valence-corrected chi connectivity index (χ2v) is 3.67. The number of aromatic nitrogens is 1. The minimum Gasteiger partial charge on any atom is -0.397 e. The normalized spacial score (nSPS) is 11.8. The monoisotopic (exact) mass is 204 g/mol. The van der Waals surface area contributed by atoms with E-state index in [2.05, 4.69) is 30.2 Å². The van der Waals surface area contributed by atoms with E-state index in [1.165, 1.54) is 0 Å². The van der Waals surface area contributed by atoms with Gasteiger partial charge in [0.1, 0.15) is 11.9 Å². The van der Waals surface area contributed by atoms with E-state index >= 15 is 0 Å². The summed E-state index contributed by atoms with van der Waals surface area (Å²) in [4.78, 5) is 4.10. The molecule has 4 nitrogen and oxygen atoms in total. The van der Waals surface area contributed by atoms with Crippen molar-refractivity contribution in [1.82, 2.24) is 4.98 Å². The minimum atomic E-state index is 0.498. The Bertz CT molecular complexity index is 367. The van der Waals surface area contributed by atoms with Crippen LogP contribution in [-0.4, -0.2) is 11.5 Å². The van der Waals surface area contributed by atoms with Crippen LogP contribution in [0.2, 0.25) is 0 Å². The zero-order valence-electron chi connectivity index (χ0n) is 9.12. The molecule has 0 spiro atoms. The van der Waals surface area contributed by atoms with Gasteiger partial charge in [-0.15, -0.1) is 0 Å². The van der Waals surface area contributed by atoms with Crippen LogP contribution >= 0.6 is 0 Å². The van der Waals surface area contributed by atoms with Gasteiger partial charge in [0.05, 0.1) is 17.4 Å². The van der Waals surface area contributed by atoms with E-state index < -0.39 is 0 Å². The van der Waals surface area contributed by atoms with Gasteiger partial charge in [0.25, 0.3) is 0 Å². The standard InChI is InChI=1S/C11H16N4/c1-3-8(2)6-14-11-9(5-12)4-10(13)7-15-11/h4,7-8H,3,6,13H2,1-2H3,(H,14,15). The van der Waals surface area contributed by atoms with Crippen LogP contribution in [0.1, 0.15) is 25.8 Å². The number of nitriles is 1. The van der Waals surface area contributed by atoms with Gasteiger partial charge in [-0.1, -0.05) is 20.3 Å². The van der Waals surface area contributed by atoms with Gasteiger partial charge in [0.15, 0.2) is 0 Å². The second kappa shape index (κ2) is 5.20. The highest BCUT2D eigenvalue weighted by molar-refractivity contribution is 5.57. The molecule has 0 bridgehead atoms. The average Bonchev–Trinajstić information content (AvgIpc) is 2.26. The van der Waals surface area contributed by atoms with E-state index in [0.29, 0.717) is 23.0 Å². The molecule has 0 saturated carbocycles. The summed E-state index contributed by atoms with van der Waals surface area (Å²) in [5.74, 6) is 1.18. The molecule has 0 aromatic carbocycles. The molecule has 0 fully saturated rings. The summed E-state index contributed by atoms with van der Waals surface area (Å²) in [6, 6.07) is 3.70. The molecular weight excluding hydrogens is 188 g/mol. The predicted molar refractivity (Wildman–Crippen MR) is 61.3 cm³/mol. The number of nitrogens with two attached hydrogens (primary N) is 1. The van der Waals surface area contributed by atoms with Gasteiger partial charge in [0, 0.05) is 6.54 Å². The van der Waals surface area contributed by atoms with Crippen molar-refractivity contribution in [2.45, 2.75) is 20.3 Å². The molecule has 3 N–H and O–H groups in total. The number of hydrogen-bond acceptors (Lipinski definition) is 4. The smallest absolute Gasteiger partial charge is 0.144 e. The molecule has 0 aliphatic carbocycles. The summed E-state index contributed by atoms with van der Waals surface area (Å²) in [6.45, 7) is 5.10. The molecule has 0 aliphatic heterocycles. The Morgan fingerprint density at radius 1 is 1.67 bits per heavy atom. The number of rotatable bonds is 4. The summed E-state index contributed by atoms with van der Waals surface area (Å²) in [5.41, 5.74) is 6.56. The number of hydrogen-bond donors (Lipinski definition) is 2. The molecular formula is C11H16N4. The Hall–Kier alpha value is -1.76. The van der Waals surface area contributed by atoms with Crippen LogP contribution in [0, 0.1) is 17.2 Å². The van der Waals surface area contributed by atoms with E-state index in [0.717, 1.165) is 13.0 Å². The zero-order valence-corrected chi connectivity index (χ0v) is 9.12. The van der Waals surface area contributed by atoms with Crippen molar-refractivity contribution in [3.8, 4) is 6.07 Å². The van der Waals surface area contributed by atoms with E-state index in [1.54, 1.807) is 12.3 Å². The maximum atomic E-state index is 8.88. The van der Waals surface area contributed by atoms with Crippen LogP contribution in [0.5, 0.6) is 0 Å². The van der Waals surface area contributed by atoms with E-state index in [-0.39, 0.29) is 0 Å². The molecule has 0 saturated heterocycles. The lowest BCUT2D eigenvalue weighted by Crippen LogP contribution is -2.12. The maximum Gasteiger partial charge on any atom is 0.144 e. The van der Waals surface area contributed by atoms with Crippen molar-refractivity contribution in [3.63, 3.8) is 0 Å². The van der Waals surface area contributed by atoms with Crippen molar-refractivity contribution < 1.29 is 0 Å². The third kappa shape index (κ3) is 3.13. The van der Waals surface area contributed by atoms with Crippen LogP contribution in [0.15, 0.2) is 12.3 Å². The van der Waals surface area contributed by atoms with Gasteiger partial charge in [-0.2, -0.15) is 5.26 Å². The molecule has 1 unspecified atom stereocenters. The molecule has 1 aromatic heterocycles. The first-order chi connectivity index (χ1) is 7.17. The van der Waals surface area contributed by atoms with Gasteiger partial charge >= 0.3 is 0 Å². The highest BCUT2D eigenvalue weighted by Crippen LogP contribution is 2.14. The Morgan fingerprint density at radius 2 is 2.40 bits per heavy atom. The first-order valence-electron chi connectivity index (χ1n) is 5.06. The predicted octanol–water partition coefficient (Wildman–Crippen LogP) is 1.99. The Morgan fingerprint density at radius 3 is 3.00 bits per heavy atom. The van der Waals surface area contributed by atoms with Gasteiger partial charge in [-0.05, 0) is 12.0 Å². The highest BCUT2D eigenvalue weighted by Gasteiger charge is 2.05. The summed E-state index contributed by atoms with van der Waals surface area (Å²) in [5, 5.41) is 12.0. The lowest BCUT2D eigenvalue weighted by molar-refractivity contribution is 0.592. The van der Waals surface area contributed by atoms with Crippen LogP contribution in [-0.2, 0) is 0 Å². The first kappa shape index (κ1) is 11.3. The fraction of sp³-hybridized carbons (Fsp3) is 0.455. The molecule has 80 valence electrons. The first-order valence-corrected chi connectivity index (χ1v) is 5.06. The number of nitrogen functional groups attached to an aromatic ring is 1. The van der Waals surface area contributed by atoms with Crippen molar-refractivity contribution in [1.29, 1.82) is 5.26 Å². The van der Waals surface area contributed by atoms with E-state index in [4.69, 9.17) is 11.0 Å². The third-order valence-electron chi connectivity index (χ3n) is 2.34. The molecule has 0 radical (unpaired) electrons. The molecule has 15 heavy (non-hydrogen) atoms. The van der Waals surface area contributed by atoms with Gasteiger partial charge in [-0.25, -0.2) is 4.98 Å². The van der Waals surface area contributed by atoms with Crippen molar-refractivity contribution >= 4 is 11.5 Å². The van der Waals surface area contributed by atoms with Gasteiger partial charge in [-0.3, -0.25) is 0 Å². The summed E-state index contributed by atoms with van der Waals surface area (Å²) in [6.07, 6.45) is 2.66. The molecule has 1 rings (SSSR count). The maximum absolute atomic E-state index is 8.88. The largest absolute Gasteiger partial charge is 0.397 e. The van der Waals surface area contributed by atoms with Crippen LogP contribution in [0.4, 0.5) is 11.5 Å². The topological polar surface area (TPSA) is 74.7 Å². The van der Waals surface area contributed by atoms with Gasteiger partial charge < -0.3 is 11.1 Å². The molecule has 1 heterocycles. The van der Waals surface area contributed by atoms with Crippen molar-refractivity contribution in [2.75, 3.05) is 17.6 Å². The highest BCUT2D eigenvalue weighted by atomic mass is 15.0. The third-order valence-corrected chi connectivity index (χ3v) is 2.34. The quantitative estimate of drug-likeness (QED) is 0.786. The van der Waals surface area contributed by atoms with Crippen LogP contribution in [0.3, 0.4) is 0 Å². The summed E-state index contributed by atoms with van der Waals surface area (Å²) < 4.78 is 0. The lowest BCUT2D eigenvalue weighted by atomic mass is 10.1. The Balaban J connectivity index is 2.73. The SMILES string of the molecule is CCC(C)CNc1ncc(N)cc1C#N. The number of pyridine rings is 1. The number of nitrogens with zero attached hydrogens (tertiary/aromatic N) is 2. The molecule has 1 aromatic rings. The van der Waals surface area contributed by atoms with Crippen LogP contribution in [0.25, 0.3) is 0 Å². The minimum absolute atomic E-state index is 0.498. The number of nitrogens with one attached hydrogen (secondary N) is 1. The zero-order chi connectivity index (χ0) is 11.3. The van der Waals surface area contributed by atoms with E-state index in [9.17, 15) is 0 Å². The lowest BCUT2D eigenvalue weighted by Gasteiger charge is -2.11. The summed E-state index contributed by atoms with van der Waals surface area (Å²) in [7, 11) is 0. The average molecular weight is 204 g/mol. The second-order valence-electron chi connectivity index (χ2n) is 3.67. The molecule has 0 amide bonds. The van der Waals surface area contributed by atoms with Crippen LogP contribution < -0.4 is 11.1 Å². The van der Waals surface area contributed by atoms with Crippen molar-refractivity contribution in [2.24, 2.45) is 5.92 Å². The Kier molecular flexibility index (Phi) is 3.92. The van der Waals surface area contributed by atoms with Crippen molar-refractivity contribution in [3.05, 3.63) is 17.8 Å². The molecule has 1 atom stereocenters.